The van der Waals surface area contributed by atoms with E-state index >= 15 is 0 Å². The maximum atomic E-state index is 9.94. The van der Waals surface area contributed by atoms with E-state index in [0.29, 0.717) is 0 Å². The molecule has 0 radical (unpaired) electrons. The lowest BCUT2D eigenvalue weighted by atomic mass is 10.0. The average molecular weight is 207 g/mol. The number of hydrogen-bond donors (Lipinski definition) is 2. The van der Waals surface area contributed by atoms with Crippen LogP contribution >= 0.6 is 0 Å². The minimum atomic E-state index is -0.307. The van der Waals surface area contributed by atoms with E-state index < -0.39 is 0 Å². The largest absolute Gasteiger partial charge is 0.391 e. The van der Waals surface area contributed by atoms with Crippen LogP contribution in [0.25, 0.3) is 0 Å². The molecule has 2 nitrogen and oxygen atoms in total. The van der Waals surface area contributed by atoms with Crippen molar-refractivity contribution in [3.05, 3.63) is 35.9 Å². The highest BCUT2D eigenvalue weighted by Crippen LogP contribution is 2.05. The Kier molecular flexibility index (Phi) is 5.37. The van der Waals surface area contributed by atoms with Crippen molar-refractivity contribution in [1.29, 1.82) is 0 Å². The van der Waals surface area contributed by atoms with Crippen LogP contribution in [0.2, 0.25) is 0 Å². The summed E-state index contributed by atoms with van der Waals surface area (Å²) in [7, 11) is 0. The van der Waals surface area contributed by atoms with E-state index in [1.165, 1.54) is 5.56 Å². The molecule has 2 unspecified atom stereocenters. The van der Waals surface area contributed by atoms with Gasteiger partial charge < -0.3 is 10.4 Å². The highest BCUT2D eigenvalue weighted by Gasteiger charge is 2.13. The predicted molar refractivity (Wildman–Crippen MR) is 63.9 cm³/mol. The van der Waals surface area contributed by atoms with E-state index in [-0.39, 0.29) is 12.1 Å². The number of aliphatic hydroxyl groups excluding tert-OH is 1. The molecule has 2 N–H and O–H groups in total. The molecular formula is C13H21NO. The highest BCUT2D eigenvalue weighted by molar-refractivity contribution is 5.15. The molecule has 0 aliphatic carbocycles. The normalized spacial score (nSPS) is 14.9. The summed E-state index contributed by atoms with van der Waals surface area (Å²) >= 11 is 0. The van der Waals surface area contributed by atoms with Gasteiger partial charge in [0, 0.05) is 6.04 Å². The third-order valence-corrected chi connectivity index (χ3v) is 2.58. The summed E-state index contributed by atoms with van der Waals surface area (Å²) < 4.78 is 0. The number of aliphatic hydroxyl groups is 1. The fourth-order valence-electron chi connectivity index (χ4n) is 1.54. The Morgan fingerprint density at radius 2 is 1.93 bits per heavy atom. The van der Waals surface area contributed by atoms with E-state index in [0.717, 1.165) is 19.4 Å². The van der Waals surface area contributed by atoms with Gasteiger partial charge in [0.05, 0.1) is 6.10 Å². The Morgan fingerprint density at radius 3 is 2.53 bits per heavy atom. The van der Waals surface area contributed by atoms with Crippen molar-refractivity contribution in [3.8, 4) is 0 Å². The number of rotatable bonds is 6. The van der Waals surface area contributed by atoms with Crippen molar-refractivity contribution >= 4 is 0 Å². The number of hydrogen-bond acceptors (Lipinski definition) is 2. The first-order valence-electron chi connectivity index (χ1n) is 5.69. The molecule has 2 heteroatoms. The maximum Gasteiger partial charge on any atom is 0.0730 e. The minimum absolute atomic E-state index is 0.158. The molecule has 0 heterocycles. The second-order valence-electron chi connectivity index (χ2n) is 4.00. The Balaban J connectivity index is 2.38. The standard InChI is InChI=1S/C13H21NO/c1-3-9-14-11(2)13(15)10-12-7-5-4-6-8-12/h4-8,11,13-15H,3,9-10H2,1-2H3. The fourth-order valence-corrected chi connectivity index (χ4v) is 1.54. The van der Waals surface area contributed by atoms with Crippen molar-refractivity contribution in [1.82, 2.24) is 5.32 Å². The van der Waals surface area contributed by atoms with Crippen molar-refractivity contribution in [2.24, 2.45) is 0 Å². The fraction of sp³-hybridized carbons (Fsp3) is 0.538. The molecular weight excluding hydrogens is 186 g/mol. The first-order chi connectivity index (χ1) is 7.24. The Labute approximate surface area is 92.3 Å². The van der Waals surface area contributed by atoms with Crippen molar-refractivity contribution < 1.29 is 5.11 Å². The first kappa shape index (κ1) is 12.2. The van der Waals surface area contributed by atoms with Crippen LogP contribution in [0.3, 0.4) is 0 Å². The molecule has 0 amide bonds. The lowest BCUT2D eigenvalue weighted by Gasteiger charge is -2.20. The zero-order valence-electron chi connectivity index (χ0n) is 9.61. The quantitative estimate of drug-likeness (QED) is 0.747. The molecule has 15 heavy (non-hydrogen) atoms. The topological polar surface area (TPSA) is 32.3 Å². The molecule has 0 saturated carbocycles. The Morgan fingerprint density at radius 1 is 1.27 bits per heavy atom. The van der Waals surface area contributed by atoms with E-state index in [1.807, 2.05) is 25.1 Å². The third kappa shape index (κ3) is 4.45. The summed E-state index contributed by atoms with van der Waals surface area (Å²) in [6, 6.07) is 10.3. The van der Waals surface area contributed by atoms with Gasteiger partial charge in [-0.1, -0.05) is 37.3 Å². The molecule has 0 aliphatic heterocycles. The molecule has 84 valence electrons. The zero-order valence-corrected chi connectivity index (χ0v) is 9.61. The number of benzene rings is 1. The molecule has 0 aromatic heterocycles. The summed E-state index contributed by atoms with van der Waals surface area (Å²) in [5.41, 5.74) is 1.19. The van der Waals surface area contributed by atoms with Crippen LogP contribution in [0.1, 0.15) is 25.8 Å². The van der Waals surface area contributed by atoms with Gasteiger partial charge in [-0.15, -0.1) is 0 Å². The van der Waals surface area contributed by atoms with Crippen LogP contribution in [-0.2, 0) is 6.42 Å². The second kappa shape index (κ2) is 6.59. The van der Waals surface area contributed by atoms with Gasteiger partial charge in [0.25, 0.3) is 0 Å². The van der Waals surface area contributed by atoms with Gasteiger partial charge in [-0.2, -0.15) is 0 Å². The van der Waals surface area contributed by atoms with Gasteiger partial charge in [-0.25, -0.2) is 0 Å². The summed E-state index contributed by atoms with van der Waals surface area (Å²) in [6.45, 7) is 5.12. The molecule has 1 aromatic carbocycles. The van der Waals surface area contributed by atoms with Gasteiger partial charge in [0.2, 0.25) is 0 Å². The van der Waals surface area contributed by atoms with Gasteiger partial charge in [0.15, 0.2) is 0 Å². The maximum absolute atomic E-state index is 9.94. The van der Waals surface area contributed by atoms with Crippen LogP contribution in [0, 0.1) is 0 Å². The van der Waals surface area contributed by atoms with E-state index in [9.17, 15) is 5.11 Å². The summed E-state index contributed by atoms with van der Waals surface area (Å²) in [4.78, 5) is 0. The van der Waals surface area contributed by atoms with E-state index in [2.05, 4.69) is 24.4 Å². The summed E-state index contributed by atoms with van der Waals surface area (Å²) in [5, 5.41) is 13.2. The van der Waals surface area contributed by atoms with Gasteiger partial charge in [0.1, 0.15) is 0 Å². The van der Waals surface area contributed by atoms with E-state index in [4.69, 9.17) is 0 Å². The second-order valence-corrected chi connectivity index (χ2v) is 4.00. The minimum Gasteiger partial charge on any atom is -0.391 e. The monoisotopic (exact) mass is 207 g/mol. The predicted octanol–water partition coefficient (Wildman–Crippen LogP) is 1.98. The van der Waals surface area contributed by atoms with Crippen LogP contribution in [-0.4, -0.2) is 23.8 Å². The van der Waals surface area contributed by atoms with Crippen LogP contribution < -0.4 is 5.32 Å². The zero-order chi connectivity index (χ0) is 11.1. The van der Waals surface area contributed by atoms with Crippen LogP contribution in [0.15, 0.2) is 30.3 Å². The Bertz CT molecular complexity index is 260. The van der Waals surface area contributed by atoms with Crippen LogP contribution in [0.5, 0.6) is 0 Å². The smallest absolute Gasteiger partial charge is 0.0730 e. The summed E-state index contributed by atoms with van der Waals surface area (Å²) in [5.74, 6) is 0. The lowest BCUT2D eigenvalue weighted by Crippen LogP contribution is -2.38. The van der Waals surface area contributed by atoms with Crippen LogP contribution in [0.4, 0.5) is 0 Å². The molecule has 0 fully saturated rings. The molecule has 1 aromatic rings. The van der Waals surface area contributed by atoms with Crippen molar-refractivity contribution in [3.63, 3.8) is 0 Å². The molecule has 0 spiro atoms. The molecule has 0 bridgehead atoms. The van der Waals surface area contributed by atoms with E-state index in [1.54, 1.807) is 0 Å². The van der Waals surface area contributed by atoms with Gasteiger partial charge in [-0.3, -0.25) is 0 Å². The SMILES string of the molecule is CCCNC(C)C(O)Cc1ccccc1. The number of nitrogens with one attached hydrogen (secondary N) is 1. The molecule has 0 saturated heterocycles. The molecule has 0 aliphatic rings. The third-order valence-electron chi connectivity index (χ3n) is 2.58. The summed E-state index contributed by atoms with van der Waals surface area (Å²) in [6.07, 6.45) is 1.51. The van der Waals surface area contributed by atoms with Gasteiger partial charge in [-0.05, 0) is 31.9 Å². The lowest BCUT2D eigenvalue weighted by molar-refractivity contribution is 0.135. The molecule has 2 atom stereocenters. The first-order valence-corrected chi connectivity index (χ1v) is 5.69. The van der Waals surface area contributed by atoms with Crippen molar-refractivity contribution in [2.45, 2.75) is 38.8 Å². The molecule has 1 rings (SSSR count). The highest BCUT2D eigenvalue weighted by atomic mass is 16.3. The average Bonchev–Trinajstić information content (AvgIpc) is 2.27. The van der Waals surface area contributed by atoms with Gasteiger partial charge >= 0.3 is 0 Å². The Hall–Kier alpha value is -0.860. The van der Waals surface area contributed by atoms with Crippen molar-refractivity contribution in [2.75, 3.05) is 6.54 Å².